The van der Waals surface area contributed by atoms with Crippen molar-refractivity contribution in [2.75, 3.05) is 26.4 Å². The molecule has 0 amide bonds. The van der Waals surface area contributed by atoms with Crippen LogP contribution in [-0.4, -0.2) is 38.6 Å². The van der Waals surface area contributed by atoms with Crippen molar-refractivity contribution in [3.63, 3.8) is 0 Å². The lowest BCUT2D eigenvalue weighted by Gasteiger charge is -2.09. The predicted octanol–water partition coefficient (Wildman–Crippen LogP) is 6.89. The molecule has 0 radical (unpaired) electrons. The molecule has 4 nitrogen and oxygen atoms in total. The summed E-state index contributed by atoms with van der Waals surface area (Å²) in [6.07, 6.45) is 7.37. The Kier molecular flexibility index (Phi) is 7.06. The highest BCUT2D eigenvalue weighted by Gasteiger charge is 2.22. The van der Waals surface area contributed by atoms with E-state index in [1.807, 2.05) is 0 Å². The second-order valence-electron chi connectivity index (χ2n) is 10.1. The first kappa shape index (κ1) is 23.3. The number of aryl methyl sites for hydroxylation is 2. The summed E-state index contributed by atoms with van der Waals surface area (Å²) in [6.45, 7) is 3.22. The van der Waals surface area contributed by atoms with Gasteiger partial charge in [-0.15, -0.1) is 0 Å². The first-order valence-electron chi connectivity index (χ1n) is 13.3. The Balaban J connectivity index is 0.973. The fourth-order valence-corrected chi connectivity index (χ4v) is 4.78. The topological polar surface area (TPSA) is 43.5 Å². The SMILES string of the molecule is c1cc2cc(OCCC3CO3)ccc2cc1CCCCc1ccc2cc(OCCC3CO3)ccc2c1. The molecule has 0 aromatic heterocycles. The van der Waals surface area contributed by atoms with Crippen LogP contribution in [0.4, 0.5) is 0 Å². The zero-order chi connectivity index (χ0) is 24.2. The molecule has 2 heterocycles. The Morgan fingerprint density at radius 3 is 1.42 bits per heavy atom. The Morgan fingerprint density at radius 2 is 0.972 bits per heavy atom. The van der Waals surface area contributed by atoms with Gasteiger partial charge in [-0.2, -0.15) is 0 Å². The highest BCUT2D eigenvalue weighted by molar-refractivity contribution is 5.85. The molecule has 2 aliphatic heterocycles. The van der Waals surface area contributed by atoms with E-state index in [-0.39, 0.29) is 0 Å². The van der Waals surface area contributed by atoms with Gasteiger partial charge in [-0.05, 0) is 82.6 Å². The van der Waals surface area contributed by atoms with Gasteiger partial charge >= 0.3 is 0 Å². The van der Waals surface area contributed by atoms with Gasteiger partial charge in [-0.1, -0.05) is 48.5 Å². The first-order chi connectivity index (χ1) is 17.8. The number of rotatable bonds is 13. The number of fused-ring (bicyclic) bond motifs is 2. The summed E-state index contributed by atoms with van der Waals surface area (Å²) in [7, 11) is 0. The molecule has 2 aliphatic rings. The predicted molar refractivity (Wildman–Crippen MR) is 144 cm³/mol. The molecule has 2 saturated heterocycles. The molecule has 186 valence electrons. The third-order valence-corrected chi connectivity index (χ3v) is 7.15. The van der Waals surface area contributed by atoms with Gasteiger partial charge in [0.2, 0.25) is 0 Å². The van der Waals surface area contributed by atoms with Crippen molar-refractivity contribution in [3.8, 4) is 11.5 Å². The maximum Gasteiger partial charge on any atom is 0.119 e. The van der Waals surface area contributed by atoms with Crippen LogP contribution in [0.3, 0.4) is 0 Å². The van der Waals surface area contributed by atoms with Crippen LogP contribution in [0, 0.1) is 0 Å². The molecule has 4 aromatic carbocycles. The Hall–Kier alpha value is -3.08. The van der Waals surface area contributed by atoms with Crippen LogP contribution >= 0.6 is 0 Å². The van der Waals surface area contributed by atoms with Crippen LogP contribution in [0.5, 0.6) is 11.5 Å². The zero-order valence-corrected chi connectivity index (χ0v) is 20.8. The number of ether oxygens (including phenoxy) is 4. The molecular weight excluding hydrogens is 448 g/mol. The molecule has 4 aromatic rings. The zero-order valence-electron chi connectivity index (χ0n) is 20.8. The highest BCUT2D eigenvalue weighted by Crippen LogP contribution is 2.26. The number of hydrogen-bond donors (Lipinski definition) is 0. The van der Waals surface area contributed by atoms with Crippen molar-refractivity contribution in [1.82, 2.24) is 0 Å². The van der Waals surface area contributed by atoms with E-state index in [0.717, 1.165) is 63.6 Å². The summed E-state index contributed by atoms with van der Waals surface area (Å²) in [5.74, 6) is 1.89. The van der Waals surface area contributed by atoms with E-state index in [2.05, 4.69) is 72.8 Å². The van der Waals surface area contributed by atoms with Crippen molar-refractivity contribution in [2.24, 2.45) is 0 Å². The first-order valence-corrected chi connectivity index (χ1v) is 13.3. The summed E-state index contributed by atoms with van der Waals surface area (Å²) in [5.41, 5.74) is 2.81. The minimum absolute atomic E-state index is 0.417. The monoisotopic (exact) mass is 482 g/mol. The average Bonchev–Trinajstić information content (AvgIpc) is 3.83. The van der Waals surface area contributed by atoms with Gasteiger partial charge in [-0.25, -0.2) is 0 Å². The Morgan fingerprint density at radius 1 is 0.556 bits per heavy atom. The molecule has 4 heteroatoms. The largest absolute Gasteiger partial charge is 0.493 e. The summed E-state index contributed by atoms with van der Waals surface area (Å²) < 4.78 is 22.3. The summed E-state index contributed by atoms with van der Waals surface area (Å²) >= 11 is 0. The number of benzene rings is 4. The molecule has 0 bridgehead atoms. The molecule has 36 heavy (non-hydrogen) atoms. The number of epoxide rings is 2. The third kappa shape index (κ3) is 6.37. The summed E-state index contributed by atoms with van der Waals surface area (Å²) in [6, 6.07) is 26.4. The normalized spacial score (nSPS) is 18.4. The number of hydrogen-bond acceptors (Lipinski definition) is 4. The molecule has 0 N–H and O–H groups in total. The molecule has 2 fully saturated rings. The van der Waals surface area contributed by atoms with E-state index >= 15 is 0 Å². The second-order valence-corrected chi connectivity index (χ2v) is 10.1. The Bertz CT molecular complexity index is 1220. The molecule has 6 rings (SSSR count). The lowest BCUT2D eigenvalue weighted by molar-refractivity contribution is 0.283. The van der Waals surface area contributed by atoms with Gasteiger partial charge in [0, 0.05) is 12.8 Å². The highest BCUT2D eigenvalue weighted by atomic mass is 16.6. The second kappa shape index (κ2) is 10.9. The standard InChI is InChI=1S/C32H34O4/c1(3-23-5-7-27-19-29(11-9-25(27)17-23)33-15-13-31-21-35-31)2-4-24-6-8-28-20-30(12-10-26(28)18-24)34-16-14-32-22-36-32/h5-12,17-20,31-32H,1-4,13-16,21-22H2. The maximum absolute atomic E-state index is 5.88. The van der Waals surface area contributed by atoms with Gasteiger partial charge < -0.3 is 18.9 Å². The van der Waals surface area contributed by atoms with Gasteiger partial charge in [-0.3, -0.25) is 0 Å². The van der Waals surface area contributed by atoms with Crippen LogP contribution in [0.1, 0.15) is 36.8 Å². The van der Waals surface area contributed by atoms with E-state index in [1.54, 1.807) is 0 Å². The molecule has 2 unspecified atom stereocenters. The van der Waals surface area contributed by atoms with Crippen molar-refractivity contribution in [1.29, 1.82) is 0 Å². The van der Waals surface area contributed by atoms with Crippen LogP contribution in [0.15, 0.2) is 72.8 Å². The molecular formula is C32H34O4. The molecule has 0 saturated carbocycles. The van der Waals surface area contributed by atoms with Crippen LogP contribution in [0.2, 0.25) is 0 Å². The number of unbranched alkanes of at least 4 members (excludes halogenated alkanes) is 1. The van der Waals surface area contributed by atoms with Crippen molar-refractivity contribution < 1.29 is 18.9 Å². The van der Waals surface area contributed by atoms with E-state index in [4.69, 9.17) is 18.9 Å². The van der Waals surface area contributed by atoms with E-state index in [1.165, 1.54) is 45.5 Å². The van der Waals surface area contributed by atoms with Crippen molar-refractivity contribution in [3.05, 3.63) is 83.9 Å². The smallest absolute Gasteiger partial charge is 0.119 e. The maximum atomic E-state index is 5.88. The minimum atomic E-state index is 0.417. The van der Waals surface area contributed by atoms with Crippen LogP contribution < -0.4 is 9.47 Å². The van der Waals surface area contributed by atoms with Crippen LogP contribution in [-0.2, 0) is 22.3 Å². The molecule has 0 spiro atoms. The average molecular weight is 483 g/mol. The molecule has 0 aliphatic carbocycles. The molecule has 2 atom stereocenters. The fraction of sp³-hybridized carbons (Fsp3) is 0.375. The van der Waals surface area contributed by atoms with Gasteiger partial charge in [0.25, 0.3) is 0 Å². The Labute approximate surface area is 213 Å². The lowest BCUT2D eigenvalue weighted by atomic mass is 9.99. The van der Waals surface area contributed by atoms with Gasteiger partial charge in [0.1, 0.15) is 11.5 Å². The van der Waals surface area contributed by atoms with Crippen LogP contribution in [0.25, 0.3) is 21.5 Å². The van der Waals surface area contributed by atoms with E-state index in [9.17, 15) is 0 Å². The van der Waals surface area contributed by atoms with Crippen molar-refractivity contribution >= 4 is 21.5 Å². The van der Waals surface area contributed by atoms with Gasteiger partial charge in [0.15, 0.2) is 0 Å². The quantitative estimate of drug-likeness (QED) is 0.154. The lowest BCUT2D eigenvalue weighted by Crippen LogP contribution is -2.00. The summed E-state index contributed by atoms with van der Waals surface area (Å²) in [5, 5.41) is 5.04. The third-order valence-electron chi connectivity index (χ3n) is 7.15. The van der Waals surface area contributed by atoms with E-state index in [0.29, 0.717) is 12.2 Å². The van der Waals surface area contributed by atoms with Crippen molar-refractivity contribution in [2.45, 2.75) is 50.7 Å². The fourth-order valence-electron chi connectivity index (χ4n) is 4.78. The summed E-state index contributed by atoms with van der Waals surface area (Å²) in [4.78, 5) is 0. The van der Waals surface area contributed by atoms with Gasteiger partial charge in [0.05, 0.1) is 38.6 Å². The minimum Gasteiger partial charge on any atom is -0.493 e. The van der Waals surface area contributed by atoms with E-state index < -0.39 is 0 Å².